The molecule has 0 spiro atoms. The van der Waals surface area contributed by atoms with Gasteiger partial charge in [0.15, 0.2) is 0 Å². The summed E-state index contributed by atoms with van der Waals surface area (Å²) in [6.45, 7) is 3.77. The molecule has 0 saturated heterocycles. The molecule has 21 heavy (non-hydrogen) atoms. The molecule has 0 bridgehead atoms. The molecule has 0 atom stereocenters. The van der Waals surface area contributed by atoms with Crippen molar-refractivity contribution in [3.05, 3.63) is 30.1 Å². The van der Waals surface area contributed by atoms with Gasteiger partial charge in [-0.3, -0.25) is 4.79 Å². The van der Waals surface area contributed by atoms with E-state index >= 15 is 0 Å². The summed E-state index contributed by atoms with van der Waals surface area (Å²) in [6, 6.07) is 8.10. The average molecular weight is 287 g/mol. The first-order valence-corrected chi connectivity index (χ1v) is 7.92. The van der Waals surface area contributed by atoms with Crippen molar-refractivity contribution in [2.45, 2.75) is 52.0 Å². The Balaban J connectivity index is 2.06. The van der Waals surface area contributed by atoms with Crippen molar-refractivity contribution >= 4 is 16.8 Å². The first-order valence-electron chi connectivity index (χ1n) is 7.92. The minimum atomic E-state index is 0.277. The molecule has 4 nitrogen and oxygen atoms in total. The first kappa shape index (κ1) is 15.7. The van der Waals surface area contributed by atoms with Crippen LogP contribution >= 0.6 is 0 Å². The highest BCUT2D eigenvalue weighted by Crippen LogP contribution is 2.17. The van der Waals surface area contributed by atoms with Gasteiger partial charge < -0.3 is 10.3 Å². The molecule has 1 aromatic heterocycles. The van der Waals surface area contributed by atoms with Crippen molar-refractivity contribution in [3.8, 4) is 0 Å². The van der Waals surface area contributed by atoms with E-state index in [9.17, 15) is 4.79 Å². The highest BCUT2D eigenvalue weighted by atomic mass is 16.1. The van der Waals surface area contributed by atoms with Gasteiger partial charge in [-0.05, 0) is 37.9 Å². The van der Waals surface area contributed by atoms with Crippen LogP contribution in [0.1, 0.15) is 44.9 Å². The molecule has 2 N–H and O–H groups in total. The molecule has 2 aromatic rings. The van der Waals surface area contributed by atoms with Crippen LogP contribution in [0.25, 0.3) is 11.0 Å². The van der Waals surface area contributed by atoms with E-state index in [4.69, 9.17) is 5.73 Å². The number of imidazole rings is 1. The number of hydrogen-bond donors (Lipinski definition) is 1. The molecule has 0 unspecified atom stereocenters. The van der Waals surface area contributed by atoms with Crippen LogP contribution in [0.3, 0.4) is 0 Å². The van der Waals surface area contributed by atoms with Crippen molar-refractivity contribution in [1.82, 2.24) is 9.55 Å². The lowest BCUT2D eigenvalue weighted by Gasteiger charge is -2.07. The molecule has 0 aliphatic heterocycles. The highest BCUT2D eigenvalue weighted by molar-refractivity contribution is 5.82. The Kier molecular flexibility index (Phi) is 5.93. The molecule has 2 rings (SSSR count). The van der Waals surface area contributed by atoms with Gasteiger partial charge in [-0.25, -0.2) is 4.98 Å². The zero-order valence-corrected chi connectivity index (χ0v) is 12.8. The standard InChI is InChI=1S/C17H25N3O/c1-2-12-20-16-10-6-5-9-15(16)19-17(20)13-14(21)8-4-3-7-11-18/h5-6,9-10H,2-4,7-8,11-13,18H2,1H3. The molecule has 0 amide bonds. The number of fused-ring (bicyclic) bond motifs is 1. The molecular weight excluding hydrogens is 262 g/mol. The monoisotopic (exact) mass is 287 g/mol. The van der Waals surface area contributed by atoms with Crippen LogP contribution < -0.4 is 5.73 Å². The van der Waals surface area contributed by atoms with Crippen LogP contribution in [0, 0.1) is 0 Å². The van der Waals surface area contributed by atoms with Crippen molar-refractivity contribution in [3.63, 3.8) is 0 Å². The van der Waals surface area contributed by atoms with Crippen molar-refractivity contribution in [1.29, 1.82) is 0 Å². The van der Waals surface area contributed by atoms with Gasteiger partial charge in [-0.2, -0.15) is 0 Å². The van der Waals surface area contributed by atoms with E-state index in [0.29, 0.717) is 19.4 Å². The van der Waals surface area contributed by atoms with E-state index in [2.05, 4.69) is 22.5 Å². The summed E-state index contributed by atoms with van der Waals surface area (Å²) in [4.78, 5) is 16.8. The minimum absolute atomic E-state index is 0.277. The van der Waals surface area contributed by atoms with Gasteiger partial charge in [0.2, 0.25) is 0 Å². The van der Waals surface area contributed by atoms with Gasteiger partial charge in [0, 0.05) is 13.0 Å². The maximum absolute atomic E-state index is 12.1. The third-order valence-electron chi connectivity index (χ3n) is 3.70. The third kappa shape index (κ3) is 4.14. The molecule has 114 valence electrons. The molecule has 0 aliphatic carbocycles. The number of nitrogens with two attached hydrogens (primary N) is 1. The SMILES string of the molecule is CCCn1c(CC(=O)CCCCCN)nc2ccccc21. The number of aromatic nitrogens is 2. The number of rotatable bonds is 9. The second-order valence-corrected chi connectivity index (χ2v) is 5.48. The summed E-state index contributed by atoms with van der Waals surface area (Å²) < 4.78 is 2.19. The Morgan fingerprint density at radius 3 is 2.81 bits per heavy atom. The highest BCUT2D eigenvalue weighted by Gasteiger charge is 2.13. The quantitative estimate of drug-likeness (QED) is 0.721. The molecular formula is C17H25N3O. The zero-order chi connectivity index (χ0) is 15.1. The minimum Gasteiger partial charge on any atom is -0.330 e. The van der Waals surface area contributed by atoms with Crippen molar-refractivity contribution in [2.75, 3.05) is 6.54 Å². The van der Waals surface area contributed by atoms with E-state index in [1.54, 1.807) is 0 Å². The van der Waals surface area contributed by atoms with E-state index < -0.39 is 0 Å². The molecule has 0 aliphatic rings. The summed E-state index contributed by atoms with van der Waals surface area (Å²) >= 11 is 0. The van der Waals surface area contributed by atoms with Crippen LogP contribution in [-0.4, -0.2) is 21.9 Å². The van der Waals surface area contributed by atoms with Crippen LogP contribution in [0.15, 0.2) is 24.3 Å². The predicted molar refractivity (Wildman–Crippen MR) is 86.3 cm³/mol. The van der Waals surface area contributed by atoms with Gasteiger partial charge in [0.1, 0.15) is 11.6 Å². The summed E-state index contributed by atoms with van der Waals surface area (Å²) in [5, 5.41) is 0. The van der Waals surface area contributed by atoms with E-state index in [1.807, 2.05) is 18.2 Å². The second kappa shape index (κ2) is 7.93. The van der Waals surface area contributed by atoms with Gasteiger partial charge in [-0.15, -0.1) is 0 Å². The van der Waals surface area contributed by atoms with Gasteiger partial charge >= 0.3 is 0 Å². The van der Waals surface area contributed by atoms with Crippen LogP contribution in [0.5, 0.6) is 0 Å². The fourth-order valence-electron chi connectivity index (χ4n) is 2.64. The van der Waals surface area contributed by atoms with Crippen LogP contribution in [0.2, 0.25) is 0 Å². The third-order valence-corrected chi connectivity index (χ3v) is 3.70. The molecule has 1 heterocycles. The second-order valence-electron chi connectivity index (χ2n) is 5.48. The molecule has 4 heteroatoms. The number of unbranched alkanes of at least 4 members (excludes halogenated alkanes) is 2. The van der Waals surface area contributed by atoms with Crippen LogP contribution in [0.4, 0.5) is 0 Å². The lowest BCUT2D eigenvalue weighted by Crippen LogP contribution is -2.10. The summed E-state index contributed by atoms with van der Waals surface area (Å²) in [6.07, 6.45) is 5.09. The molecule has 1 aromatic carbocycles. The summed E-state index contributed by atoms with van der Waals surface area (Å²) in [5.41, 5.74) is 7.58. The van der Waals surface area contributed by atoms with Gasteiger partial charge in [0.05, 0.1) is 17.5 Å². The lowest BCUT2D eigenvalue weighted by atomic mass is 10.1. The Bertz CT molecular complexity index is 589. The van der Waals surface area contributed by atoms with Gasteiger partial charge in [0.25, 0.3) is 0 Å². The average Bonchev–Trinajstić information content (AvgIpc) is 2.82. The molecule has 0 radical (unpaired) electrons. The number of aryl methyl sites for hydroxylation is 1. The fraction of sp³-hybridized carbons (Fsp3) is 0.529. The summed E-state index contributed by atoms with van der Waals surface area (Å²) in [5.74, 6) is 1.18. The van der Waals surface area contributed by atoms with Gasteiger partial charge in [-0.1, -0.05) is 25.5 Å². The molecule has 0 fully saturated rings. The Hall–Kier alpha value is -1.68. The topological polar surface area (TPSA) is 60.9 Å². The predicted octanol–water partition coefficient (Wildman–Crippen LogP) is 3.08. The lowest BCUT2D eigenvalue weighted by molar-refractivity contribution is -0.118. The number of Topliss-reactive ketones (excluding diaryl/α,β-unsaturated/α-hetero) is 1. The number of nitrogens with zero attached hydrogens (tertiary/aromatic N) is 2. The van der Waals surface area contributed by atoms with E-state index in [-0.39, 0.29) is 5.78 Å². The smallest absolute Gasteiger partial charge is 0.140 e. The number of carbonyl (C=O) groups excluding carboxylic acids is 1. The number of ketones is 1. The Morgan fingerprint density at radius 1 is 1.24 bits per heavy atom. The van der Waals surface area contributed by atoms with E-state index in [1.165, 1.54) is 0 Å². The largest absolute Gasteiger partial charge is 0.330 e. The number of hydrogen-bond acceptors (Lipinski definition) is 3. The van der Waals surface area contributed by atoms with E-state index in [0.717, 1.165) is 49.1 Å². The first-order chi connectivity index (χ1) is 10.3. The Morgan fingerprint density at radius 2 is 2.05 bits per heavy atom. The zero-order valence-electron chi connectivity index (χ0n) is 12.8. The Labute approximate surface area is 126 Å². The maximum atomic E-state index is 12.1. The van der Waals surface area contributed by atoms with Crippen LogP contribution in [-0.2, 0) is 17.8 Å². The summed E-state index contributed by atoms with van der Waals surface area (Å²) in [7, 11) is 0. The van der Waals surface area contributed by atoms with Crippen molar-refractivity contribution in [2.24, 2.45) is 5.73 Å². The number of para-hydroxylation sites is 2. The number of carbonyl (C=O) groups is 1. The number of benzene rings is 1. The van der Waals surface area contributed by atoms with Crippen molar-refractivity contribution < 1.29 is 4.79 Å². The maximum Gasteiger partial charge on any atom is 0.140 e. The molecule has 0 saturated carbocycles. The normalized spacial score (nSPS) is 11.1. The fourth-order valence-corrected chi connectivity index (χ4v) is 2.64.